The highest BCUT2D eigenvalue weighted by Gasteiger charge is 2.48. The molecule has 1 aromatic rings. The number of esters is 1. The predicted molar refractivity (Wildman–Crippen MR) is 105 cm³/mol. The summed E-state index contributed by atoms with van der Waals surface area (Å²) in [4.78, 5) is 37.3. The molecule has 0 spiro atoms. The van der Waals surface area contributed by atoms with Crippen LogP contribution in [0.1, 0.15) is 25.8 Å². The molecule has 14 heteroatoms. The van der Waals surface area contributed by atoms with Gasteiger partial charge in [0.15, 0.2) is 0 Å². The molecular weight excluding hydrogens is 461 g/mol. The van der Waals surface area contributed by atoms with Gasteiger partial charge in [-0.05, 0) is 25.8 Å². The lowest BCUT2D eigenvalue weighted by Crippen LogP contribution is -2.54. The second-order valence-electron chi connectivity index (χ2n) is 6.88. The quantitative estimate of drug-likeness (QED) is 0.380. The third kappa shape index (κ3) is 9.22. The van der Waals surface area contributed by atoms with Crippen LogP contribution in [0.25, 0.3) is 0 Å². The maximum atomic E-state index is 12.7. The highest BCUT2D eigenvalue weighted by Crippen LogP contribution is 2.28. The zero-order valence-corrected chi connectivity index (χ0v) is 17.8. The summed E-state index contributed by atoms with van der Waals surface area (Å²) >= 11 is 0. The Balaban J connectivity index is 0.00000125. The van der Waals surface area contributed by atoms with Crippen LogP contribution in [-0.4, -0.2) is 61.8 Å². The fourth-order valence-corrected chi connectivity index (χ4v) is 3.27. The van der Waals surface area contributed by atoms with Gasteiger partial charge in [-0.15, -0.1) is 0 Å². The van der Waals surface area contributed by atoms with E-state index in [9.17, 15) is 40.5 Å². The largest absolute Gasteiger partial charge is 0.762 e. The van der Waals surface area contributed by atoms with Gasteiger partial charge in [-0.2, -0.15) is 13.2 Å². The van der Waals surface area contributed by atoms with E-state index in [4.69, 9.17) is 9.47 Å². The number of carbonyl (C=O) groups excluding carboxylic acids is 3. The molecule has 0 radical (unpaired) electrons. The minimum Gasteiger partial charge on any atom is -0.466 e. The molecule has 0 aliphatic carbocycles. The first-order chi connectivity index (χ1) is 15.4. The molecule has 1 aliphatic rings. The van der Waals surface area contributed by atoms with Gasteiger partial charge in [0.1, 0.15) is 6.61 Å². The van der Waals surface area contributed by atoms with Crippen LogP contribution in [0.4, 0.5) is 30.9 Å². The molecule has 33 heavy (non-hydrogen) atoms. The Kier molecular flexibility index (Phi) is 11.0. The maximum Gasteiger partial charge on any atom is 0.762 e. The minimum atomic E-state index is -5.07. The molecule has 1 N–H and O–H groups in total. The van der Waals surface area contributed by atoms with Crippen LogP contribution >= 0.6 is 0 Å². The number of benzene rings is 1. The predicted octanol–water partition coefficient (Wildman–Crippen LogP) is 3.52. The molecule has 1 fully saturated rings. The molecule has 1 saturated heterocycles. The SMILES string of the molecule is CCOC(=O)C(C)[C@@H]1[C@@H](NC(=O)C(F)(F)F)CCN1C(=O)OCc1ccccc1.FB(F)F. The molecule has 0 aromatic heterocycles. The van der Waals surface area contributed by atoms with E-state index < -0.39 is 49.7 Å². The normalized spacial score (nSPS) is 18.5. The zero-order valence-electron chi connectivity index (χ0n) is 17.8. The lowest BCUT2D eigenvalue weighted by molar-refractivity contribution is -0.174. The van der Waals surface area contributed by atoms with Crippen molar-refractivity contribution in [2.24, 2.45) is 5.92 Å². The van der Waals surface area contributed by atoms with Gasteiger partial charge >= 0.3 is 31.7 Å². The number of nitrogens with one attached hydrogen (secondary N) is 1. The fraction of sp³-hybridized carbons (Fsp3) is 0.526. The number of amides is 2. The van der Waals surface area contributed by atoms with Gasteiger partial charge in [0.05, 0.1) is 24.6 Å². The summed E-state index contributed by atoms with van der Waals surface area (Å²) in [6.45, 7) is 3.11. The molecule has 1 heterocycles. The summed E-state index contributed by atoms with van der Waals surface area (Å²) < 4.78 is 77.2. The molecule has 0 saturated carbocycles. The van der Waals surface area contributed by atoms with Crippen molar-refractivity contribution in [2.75, 3.05) is 13.2 Å². The number of halogens is 6. The minimum absolute atomic E-state index is 0.0315. The molecule has 3 atom stereocenters. The molecule has 2 rings (SSSR count). The fourth-order valence-electron chi connectivity index (χ4n) is 3.27. The first-order valence-corrected chi connectivity index (χ1v) is 9.82. The van der Waals surface area contributed by atoms with Crippen LogP contribution in [0.3, 0.4) is 0 Å². The van der Waals surface area contributed by atoms with Gasteiger partial charge in [0, 0.05) is 6.54 Å². The van der Waals surface area contributed by atoms with E-state index in [1.54, 1.807) is 37.3 Å². The van der Waals surface area contributed by atoms with Crippen LogP contribution in [0, 0.1) is 5.92 Å². The van der Waals surface area contributed by atoms with Crippen LogP contribution in [0.5, 0.6) is 0 Å². The van der Waals surface area contributed by atoms with E-state index in [0.717, 1.165) is 5.56 Å². The average Bonchev–Trinajstić information content (AvgIpc) is 3.14. The number of hydrogen-bond acceptors (Lipinski definition) is 5. The molecule has 7 nitrogen and oxygen atoms in total. The molecule has 0 bridgehead atoms. The Morgan fingerprint density at radius 2 is 1.73 bits per heavy atom. The Morgan fingerprint density at radius 1 is 1.15 bits per heavy atom. The number of likely N-dealkylation sites (tertiary alicyclic amines) is 1. The van der Waals surface area contributed by atoms with E-state index in [2.05, 4.69) is 0 Å². The standard InChI is InChI=1S/C19H23F3N2O5.BF3/c1-3-28-16(25)12(2)15-14(23-17(26)19(20,21)22)9-10-24(15)18(27)29-11-13-7-5-4-6-8-13;2-1(3)4/h4-8,12,14-15H,3,9-11H2,1-2H3,(H,23,26);/t12?,14-,15+;/m0./s1. The lowest BCUT2D eigenvalue weighted by Gasteiger charge is -2.31. The van der Waals surface area contributed by atoms with Crippen LogP contribution < -0.4 is 5.32 Å². The number of carbonyl (C=O) groups is 3. The summed E-state index contributed by atoms with van der Waals surface area (Å²) in [7, 11) is -3.67. The Morgan fingerprint density at radius 3 is 2.24 bits per heavy atom. The number of ether oxygens (including phenoxy) is 2. The molecular formula is C19H23BF6N2O5. The molecule has 1 aliphatic heterocycles. The number of alkyl halides is 3. The van der Waals surface area contributed by atoms with Crippen molar-refractivity contribution < 1.29 is 50.0 Å². The van der Waals surface area contributed by atoms with Crippen molar-refractivity contribution >= 4 is 25.5 Å². The van der Waals surface area contributed by atoms with Crippen molar-refractivity contribution in [3.8, 4) is 0 Å². The Labute approximate surface area is 186 Å². The van der Waals surface area contributed by atoms with Crippen molar-refractivity contribution in [1.29, 1.82) is 0 Å². The third-order valence-corrected chi connectivity index (χ3v) is 4.64. The topological polar surface area (TPSA) is 84.9 Å². The van der Waals surface area contributed by atoms with Crippen LogP contribution in [0.15, 0.2) is 30.3 Å². The first kappa shape index (κ1) is 28.1. The van der Waals surface area contributed by atoms with Gasteiger partial charge in [-0.3, -0.25) is 22.5 Å². The average molecular weight is 484 g/mol. The molecule has 2 amide bonds. The molecule has 1 aromatic carbocycles. The smallest absolute Gasteiger partial charge is 0.466 e. The van der Waals surface area contributed by atoms with E-state index >= 15 is 0 Å². The van der Waals surface area contributed by atoms with Crippen LogP contribution in [0.2, 0.25) is 0 Å². The van der Waals surface area contributed by atoms with E-state index in [1.807, 2.05) is 5.32 Å². The second kappa shape index (κ2) is 12.9. The summed E-state index contributed by atoms with van der Waals surface area (Å²) in [5.74, 6) is -3.75. The third-order valence-electron chi connectivity index (χ3n) is 4.64. The monoisotopic (exact) mass is 484 g/mol. The van der Waals surface area contributed by atoms with Crippen molar-refractivity contribution in [2.45, 2.75) is 45.1 Å². The zero-order chi connectivity index (χ0) is 25.2. The Bertz CT molecular complexity index is 781. The van der Waals surface area contributed by atoms with Crippen LogP contribution in [-0.2, 0) is 25.7 Å². The summed E-state index contributed by atoms with van der Waals surface area (Å²) in [6.07, 6.45) is -5.80. The number of hydrogen-bond donors (Lipinski definition) is 1. The van der Waals surface area contributed by atoms with Gasteiger partial charge in [0.2, 0.25) is 0 Å². The van der Waals surface area contributed by atoms with Crippen molar-refractivity contribution in [3.63, 3.8) is 0 Å². The first-order valence-electron chi connectivity index (χ1n) is 9.82. The summed E-state index contributed by atoms with van der Waals surface area (Å²) in [6, 6.07) is 6.76. The van der Waals surface area contributed by atoms with Gasteiger partial charge in [0.25, 0.3) is 0 Å². The lowest BCUT2D eigenvalue weighted by atomic mass is 9.95. The highest BCUT2D eigenvalue weighted by atomic mass is 19.4. The summed E-state index contributed by atoms with van der Waals surface area (Å²) in [5, 5.41) is 1.88. The molecule has 1 unspecified atom stereocenters. The van der Waals surface area contributed by atoms with E-state index in [1.165, 1.54) is 11.8 Å². The van der Waals surface area contributed by atoms with E-state index in [-0.39, 0.29) is 26.2 Å². The second-order valence-corrected chi connectivity index (χ2v) is 6.88. The van der Waals surface area contributed by atoms with Crippen molar-refractivity contribution in [1.82, 2.24) is 10.2 Å². The maximum absolute atomic E-state index is 12.7. The number of rotatable bonds is 6. The highest BCUT2D eigenvalue weighted by molar-refractivity contribution is 6.33. The molecule has 184 valence electrons. The van der Waals surface area contributed by atoms with Gasteiger partial charge in [-0.1, -0.05) is 30.3 Å². The Hall–Kier alpha value is -2.93. The van der Waals surface area contributed by atoms with E-state index in [0.29, 0.717) is 0 Å². The number of nitrogens with zero attached hydrogens (tertiary/aromatic N) is 1. The van der Waals surface area contributed by atoms with Crippen molar-refractivity contribution in [3.05, 3.63) is 35.9 Å². The van der Waals surface area contributed by atoms with Gasteiger partial charge in [-0.25, -0.2) is 4.79 Å². The van der Waals surface area contributed by atoms with Gasteiger partial charge < -0.3 is 19.7 Å². The summed E-state index contributed by atoms with van der Waals surface area (Å²) in [5.41, 5.74) is 0.733.